The molecule has 0 amide bonds. The maximum absolute atomic E-state index is 9.35. The molecular formula is C12H26N2O. The molecule has 0 aliphatic carbocycles. The first-order valence-corrected chi connectivity index (χ1v) is 6.20. The summed E-state index contributed by atoms with van der Waals surface area (Å²) >= 11 is 0. The van der Waals surface area contributed by atoms with E-state index in [1.54, 1.807) is 0 Å². The highest BCUT2D eigenvalue weighted by molar-refractivity contribution is 4.80. The summed E-state index contributed by atoms with van der Waals surface area (Å²) in [6.07, 6.45) is 2.53. The van der Waals surface area contributed by atoms with Crippen molar-refractivity contribution < 1.29 is 5.11 Å². The molecule has 1 aliphatic rings. The molecule has 0 aromatic rings. The fraction of sp³-hybridized carbons (Fsp3) is 1.00. The Hall–Kier alpha value is -0.120. The first kappa shape index (κ1) is 12.9. The summed E-state index contributed by atoms with van der Waals surface area (Å²) in [5.74, 6) is 0.711. The predicted molar refractivity (Wildman–Crippen MR) is 64.0 cm³/mol. The summed E-state index contributed by atoms with van der Waals surface area (Å²) in [6, 6.07) is 0.326. The third-order valence-electron chi connectivity index (χ3n) is 3.30. The second-order valence-corrected chi connectivity index (χ2v) is 4.99. The van der Waals surface area contributed by atoms with E-state index in [2.05, 4.69) is 30.7 Å². The molecule has 3 nitrogen and oxygen atoms in total. The summed E-state index contributed by atoms with van der Waals surface area (Å²) in [7, 11) is 2.13. The van der Waals surface area contributed by atoms with Gasteiger partial charge in [-0.2, -0.15) is 0 Å². The van der Waals surface area contributed by atoms with E-state index in [0.717, 1.165) is 13.1 Å². The van der Waals surface area contributed by atoms with Gasteiger partial charge in [0.05, 0.1) is 6.61 Å². The summed E-state index contributed by atoms with van der Waals surface area (Å²) < 4.78 is 0. The minimum Gasteiger partial charge on any atom is -0.395 e. The highest BCUT2D eigenvalue weighted by atomic mass is 16.3. The minimum absolute atomic E-state index is 0.284. The highest BCUT2D eigenvalue weighted by Crippen LogP contribution is 2.13. The largest absolute Gasteiger partial charge is 0.395 e. The lowest BCUT2D eigenvalue weighted by Gasteiger charge is -2.27. The Bertz CT molecular complexity index is 175. The molecule has 0 radical (unpaired) electrons. The Morgan fingerprint density at radius 2 is 2.00 bits per heavy atom. The number of likely N-dealkylation sites (N-methyl/N-ethyl adjacent to an activating group) is 1. The maximum Gasteiger partial charge on any atom is 0.0599 e. The van der Waals surface area contributed by atoms with Crippen molar-refractivity contribution in [2.75, 3.05) is 39.8 Å². The third kappa shape index (κ3) is 4.09. The van der Waals surface area contributed by atoms with Gasteiger partial charge in [-0.3, -0.25) is 4.90 Å². The quantitative estimate of drug-likeness (QED) is 0.757. The predicted octanol–water partition coefficient (Wildman–Crippen LogP) is 1.03. The van der Waals surface area contributed by atoms with Crippen molar-refractivity contribution in [3.05, 3.63) is 0 Å². The van der Waals surface area contributed by atoms with Gasteiger partial charge in [0.15, 0.2) is 0 Å². The molecule has 90 valence electrons. The van der Waals surface area contributed by atoms with Crippen LogP contribution >= 0.6 is 0 Å². The van der Waals surface area contributed by atoms with E-state index in [0.29, 0.717) is 12.0 Å². The van der Waals surface area contributed by atoms with E-state index in [1.165, 1.54) is 25.9 Å². The van der Waals surface area contributed by atoms with Crippen molar-refractivity contribution >= 4 is 0 Å². The molecule has 0 bridgehead atoms. The molecule has 2 atom stereocenters. The molecular weight excluding hydrogens is 188 g/mol. The van der Waals surface area contributed by atoms with Crippen LogP contribution in [0.2, 0.25) is 0 Å². The zero-order chi connectivity index (χ0) is 11.3. The van der Waals surface area contributed by atoms with E-state index in [4.69, 9.17) is 0 Å². The maximum atomic E-state index is 9.35. The SMILES string of the molecule is CCCCN1CC(C)CN(C)C(CO)C1. The van der Waals surface area contributed by atoms with Crippen LogP contribution in [-0.4, -0.2) is 60.8 Å². The van der Waals surface area contributed by atoms with Crippen molar-refractivity contribution in [3.63, 3.8) is 0 Å². The van der Waals surface area contributed by atoms with Crippen LogP contribution in [-0.2, 0) is 0 Å². The number of nitrogens with zero attached hydrogens (tertiary/aromatic N) is 2. The fourth-order valence-corrected chi connectivity index (χ4v) is 2.41. The first-order valence-electron chi connectivity index (χ1n) is 6.20. The van der Waals surface area contributed by atoms with Gasteiger partial charge in [-0.15, -0.1) is 0 Å². The van der Waals surface area contributed by atoms with Crippen molar-refractivity contribution in [1.82, 2.24) is 9.80 Å². The molecule has 1 heterocycles. The van der Waals surface area contributed by atoms with Crippen molar-refractivity contribution in [2.45, 2.75) is 32.7 Å². The van der Waals surface area contributed by atoms with Crippen LogP contribution in [0.25, 0.3) is 0 Å². The zero-order valence-electron chi connectivity index (χ0n) is 10.4. The number of hydrogen-bond acceptors (Lipinski definition) is 3. The zero-order valence-corrected chi connectivity index (χ0v) is 10.4. The van der Waals surface area contributed by atoms with Crippen LogP contribution < -0.4 is 0 Å². The standard InChI is InChI=1S/C12H26N2O/c1-4-5-6-14-8-11(2)7-13(3)12(9-14)10-15/h11-12,15H,4-10H2,1-3H3. The number of aliphatic hydroxyl groups is 1. The van der Waals surface area contributed by atoms with E-state index in [1.807, 2.05) is 0 Å². The van der Waals surface area contributed by atoms with E-state index in [-0.39, 0.29) is 6.61 Å². The number of rotatable bonds is 4. The van der Waals surface area contributed by atoms with Crippen LogP contribution in [0.15, 0.2) is 0 Å². The topological polar surface area (TPSA) is 26.7 Å². The number of unbranched alkanes of at least 4 members (excludes halogenated alkanes) is 1. The Morgan fingerprint density at radius 1 is 1.27 bits per heavy atom. The van der Waals surface area contributed by atoms with Crippen molar-refractivity contribution in [1.29, 1.82) is 0 Å². The molecule has 3 heteroatoms. The lowest BCUT2D eigenvalue weighted by Crippen LogP contribution is -2.41. The van der Waals surface area contributed by atoms with Gasteiger partial charge in [0.2, 0.25) is 0 Å². The van der Waals surface area contributed by atoms with Crippen LogP contribution in [0.1, 0.15) is 26.7 Å². The summed E-state index contributed by atoms with van der Waals surface area (Å²) in [5.41, 5.74) is 0. The van der Waals surface area contributed by atoms with Crippen LogP contribution in [0.5, 0.6) is 0 Å². The molecule has 1 aliphatic heterocycles. The van der Waals surface area contributed by atoms with Crippen LogP contribution in [0.4, 0.5) is 0 Å². The Balaban J connectivity index is 2.49. The molecule has 1 rings (SSSR count). The van der Waals surface area contributed by atoms with Crippen LogP contribution in [0.3, 0.4) is 0 Å². The molecule has 0 spiro atoms. The Labute approximate surface area is 94.1 Å². The average Bonchev–Trinajstić information content (AvgIpc) is 2.33. The van der Waals surface area contributed by atoms with Gasteiger partial charge in [-0.25, -0.2) is 0 Å². The van der Waals surface area contributed by atoms with E-state index < -0.39 is 0 Å². The van der Waals surface area contributed by atoms with Gasteiger partial charge in [0.1, 0.15) is 0 Å². The molecule has 0 aromatic carbocycles. The number of hydrogen-bond donors (Lipinski definition) is 1. The number of aliphatic hydroxyl groups excluding tert-OH is 1. The highest BCUT2D eigenvalue weighted by Gasteiger charge is 2.24. The molecule has 1 saturated heterocycles. The van der Waals surface area contributed by atoms with Crippen LogP contribution in [0, 0.1) is 5.92 Å². The lowest BCUT2D eigenvalue weighted by molar-refractivity contribution is 0.130. The van der Waals surface area contributed by atoms with Gasteiger partial charge < -0.3 is 10.0 Å². The molecule has 1 fully saturated rings. The molecule has 15 heavy (non-hydrogen) atoms. The average molecular weight is 214 g/mol. The van der Waals surface area contributed by atoms with Gasteiger partial charge >= 0.3 is 0 Å². The van der Waals surface area contributed by atoms with Gasteiger partial charge in [0.25, 0.3) is 0 Å². The first-order chi connectivity index (χ1) is 7.17. The van der Waals surface area contributed by atoms with Gasteiger partial charge in [-0.05, 0) is 25.9 Å². The fourth-order valence-electron chi connectivity index (χ4n) is 2.41. The van der Waals surface area contributed by atoms with E-state index >= 15 is 0 Å². The van der Waals surface area contributed by atoms with Gasteiger partial charge in [-0.1, -0.05) is 20.3 Å². The van der Waals surface area contributed by atoms with Crippen molar-refractivity contribution in [3.8, 4) is 0 Å². The van der Waals surface area contributed by atoms with Gasteiger partial charge in [0, 0.05) is 25.7 Å². The molecule has 1 N–H and O–H groups in total. The van der Waals surface area contributed by atoms with E-state index in [9.17, 15) is 5.11 Å². The summed E-state index contributed by atoms with van der Waals surface area (Å²) in [5, 5.41) is 9.35. The smallest absolute Gasteiger partial charge is 0.0599 e. The Kier molecular flexibility index (Phi) is 5.58. The second kappa shape index (κ2) is 6.46. The van der Waals surface area contributed by atoms with Crippen molar-refractivity contribution in [2.24, 2.45) is 5.92 Å². The minimum atomic E-state index is 0.284. The second-order valence-electron chi connectivity index (χ2n) is 4.99. The molecule has 2 unspecified atom stereocenters. The summed E-state index contributed by atoms with van der Waals surface area (Å²) in [4.78, 5) is 4.81. The lowest BCUT2D eigenvalue weighted by atomic mass is 10.1. The monoisotopic (exact) mass is 214 g/mol. The third-order valence-corrected chi connectivity index (χ3v) is 3.30. The summed E-state index contributed by atoms with van der Waals surface area (Å²) in [6.45, 7) is 9.31. The Morgan fingerprint density at radius 3 is 2.60 bits per heavy atom. The molecule has 0 aromatic heterocycles. The normalized spacial score (nSPS) is 30.4. The molecule has 0 saturated carbocycles.